The van der Waals surface area contributed by atoms with Gasteiger partial charge in [0.25, 0.3) is 0 Å². The van der Waals surface area contributed by atoms with Gasteiger partial charge in [0.2, 0.25) is 5.91 Å². The van der Waals surface area contributed by atoms with Gasteiger partial charge in [-0.25, -0.2) is 0 Å². The van der Waals surface area contributed by atoms with E-state index in [4.69, 9.17) is 0 Å². The smallest absolute Gasteiger partial charge is 0.225 e. The summed E-state index contributed by atoms with van der Waals surface area (Å²) >= 11 is 0. The molecule has 1 N–H and O–H groups in total. The van der Waals surface area contributed by atoms with Gasteiger partial charge < -0.3 is 5.32 Å². The molecule has 2 saturated carbocycles. The fourth-order valence-corrected chi connectivity index (χ4v) is 3.83. The van der Waals surface area contributed by atoms with Gasteiger partial charge in [0, 0.05) is 11.5 Å². The summed E-state index contributed by atoms with van der Waals surface area (Å²) in [5.74, 6) is 1.07. The van der Waals surface area contributed by atoms with E-state index < -0.39 is 0 Å². The number of hydrogen-bond acceptors (Lipinski definition) is 1. The lowest BCUT2D eigenvalue weighted by Crippen LogP contribution is -2.44. The van der Waals surface area contributed by atoms with E-state index >= 15 is 0 Å². The Morgan fingerprint density at radius 1 is 0.947 bits per heavy atom. The molecule has 0 heterocycles. The molecule has 0 saturated heterocycles. The first-order valence-corrected chi connectivity index (χ1v) is 8.39. The van der Waals surface area contributed by atoms with E-state index in [1.54, 1.807) is 0 Å². The molecule has 0 aromatic heterocycles. The first-order chi connectivity index (χ1) is 9.08. The second-order valence-corrected chi connectivity index (χ2v) is 7.40. The van der Waals surface area contributed by atoms with Crippen molar-refractivity contribution in [2.45, 2.75) is 90.5 Å². The van der Waals surface area contributed by atoms with Gasteiger partial charge >= 0.3 is 0 Å². The van der Waals surface area contributed by atoms with E-state index in [1.165, 1.54) is 64.2 Å². The van der Waals surface area contributed by atoms with Gasteiger partial charge in [0.05, 0.1) is 0 Å². The molecule has 19 heavy (non-hydrogen) atoms. The van der Waals surface area contributed by atoms with Crippen LogP contribution in [0.1, 0.15) is 84.5 Å². The molecule has 110 valence electrons. The highest BCUT2D eigenvalue weighted by atomic mass is 16.2. The Morgan fingerprint density at radius 2 is 1.47 bits per heavy atom. The predicted molar refractivity (Wildman–Crippen MR) is 80.0 cm³/mol. The number of carbonyl (C=O) groups is 1. The lowest BCUT2D eigenvalue weighted by Gasteiger charge is -2.33. The normalized spacial score (nSPS) is 23.3. The van der Waals surface area contributed by atoms with Crippen molar-refractivity contribution >= 4 is 5.91 Å². The van der Waals surface area contributed by atoms with Crippen molar-refractivity contribution < 1.29 is 4.79 Å². The van der Waals surface area contributed by atoms with Crippen LogP contribution in [-0.2, 0) is 4.79 Å². The monoisotopic (exact) mass is 265 g/mol. The number of carbonyl (C=O) groups excluding carboxylic acids is 1. The molecule has 0 radical (unpaired) electrons. The summed E-state index contributed by atoms with van der Waals surface area (Å²) < 4.78 is 0. The first-order valence-electron chi connectivity index (χ1n) is 8.39. The molecule has 0 unspecified atom stereocenters. The summed E-state index contributed by atoms with van der Waals surface area (Å²) in [4.78, 5) is 12.5. The van der Waals surface area contributed by atoms with Crippen molar-refractivity contribution in [3.8, 4) is 0 Å². The van der Waals surface area contributed by atoms with Gasteiger partial charge in [-0.2, -0.15) is 0 Å². The zero-order chi connectivity index (χ0) is 13.7. The average molecular weight is 265 g/mol. The minimum Gasteiger partial charge on any atom is -0.353 e. The van der Waals surface area contributed by atoms with Crippen LogP contribution < -0.4 is 5.32 Å². The lowest BCUT2D eigenvalue weighted by atomic mass is 9.76. The molecule has 0 aromatic carbocycles. The molecule has 1 amide bonds. The Balaban J connectivity index is 1.81. The molecule has 2 heteroatoms. The van der Waals surface area contributed by atoms with E-state index in [0.29, 0.717) is 11.9 Å². The third kappa shape index (κ3) is 4.50. The molecular formula is C17H31NO. The zero-order valence-electron chi connectivity index (χ0n) is 12.8. The number of amides is 1. The van der Waals surface area contributed by atoms with Crippen molar-refractivity contribution in [3.05, 3.63) is 0 Å². The Hall–Kier alpha value is -0.530. The van der Waals surface area contributed by atoms with Crippen molar-refractivity contribution in [3.63, 3.8) is 0 Å². The van der Waals surface area contributed by atoms with Gasteiger partial charge in [0.1, 0.15) is 0 Å². The molecule has 2 fully saturated rings. The van der Waals surface area contributed by atoms with Gasteiger partial charge in [-0.15, -0.1) is 0 Å². The van der Waals surface area contributed by atoms with Crippen LogP contribution in [0.15, 0.2) is 0 Å². The minimum absolute atomic E-state index is 0.181. The molecule has 2 rings (SSSR count). The van der Waals surface area contributed by atoms with Crippen LogP contribution in [0.4, 0.5) is 0 Å². The molecule has 2 nitrogen and oxygen atoms in total. The highest BCUT2D eigenvalue weighted by Gasteiger charge is 2.32. The fourth-order valence-electron chi connectivity index (χ4n) is 3.83. The molecule has 0 aromatic rings. The standard InChI is InChI=1S/C17H31NO/c1-17(2,13-14-9-5-3-6-10-14)16(19)18-15-11-7-4-8-12-15/h14-15H,3-13H2,1-2H3,(H,18,19). The summed E-state index contributed by atoms with van der Waals surface area (Å²) in [6, 6.07) is 0.451. The van der Waals surface area contributed by atoms with Gasteiger partial charge in [-0.1, -0.05) is 65.2 Å². The topological polar surface area (TPSA) is 29.1 Å². The van der Waals surface area contributed by atoms with Gasteiger partial charge in [0.15, 0.2) is 0 Å². The molecule has 0 aliphatic heterocycles. The summed E-state index contributed by atoms with van der Waals surface area (Å²) in [6.07, 6.45) is 14.2. The lowest BCUT2D eigenvalue weighted by molar-refractivity contribution is -0.131. The predicted octanol–water partition coefficient (Wildman–Crippen LogP) is 4.43. The second kappa shape index (κ2) is 6.76. The van der Waals surface area contributed by atoms with Crippen LogP contribution in [-0.4, -0.2) is 11.9 Å². The summed E-state index contributed by atoms with van der Waals surface area (Å²) in [6.45, 7) is 4.28. The van der Waals surface area contributed by atoms with Crippen molar-refractivity contribution in [2.75, 3.05) is 0 Å². The average Bonchev–Trinajstić information content (AvgIpc) is 2.40. The highest BCUT2D eigenvalue weighted by molar-refractivity contribution is 5.82. The van der Waals surface area contributed by atoms with Gasteiger partial charge in [-0.05, 0) is 25.2 Å². The van der Waals surface area contributed by atoms with Crippen molar-refractivity contribution in [2.24, 2.45) is 11.3 Å². The first kappa shape index (κ1) is 14.9. The Morgan fingerprint density at radius 3 is 2.05 bits per heavy atom. The van der Waals surface area contributed by atoms with Crippen LogP contribution in [0.2, 0.25) is 0 Å². The maximum atomic E-state index is 12.5. The fraction of sp³-hybridized carbons (Fsp3) is 0.941. The van der Waals surface area contributed by atoms with Crippen LogP contribution in [0, 0.1) is 11.3 Å². The molecular weight excluding hydrogens is 234 g/mol. The highest BCUT2D eigenvalue weighted by Crippen LogP contribution is 2.35. The summed E-state index contributed by atoms with van der Waals surface area (Å²) in [5, 5.41) is 3.31. The number of rotatable bonds is 4. The zero-order valence-corrected chi connectivity index (χ0v) is 12.8. The van der Waals surface area contributed by atoms with Gasteiger partial charge in [-0.3, -0.25) is 4.79 Å². The summed E-state index contributed by atoms with van der Waals surface area (Å²) in [5.41, 5.74) is -0.181. The Kier molecular flexibility index (Phi) is 5.29. The van der Waals surface area contributed by atoms with E-state index in [2.05, 4.69) is 19.2 Å². The Bertz CT molecular complexity index is 286. The number of nitrogens with one attached hydrogen (secondary N) is 1. The van der Waals surface area contributed by atoms with Crippen LogP contribution in [0.3, 0.4) is 0 Å². The van der Waals surface area contributed by atoms with Crippen LogP contribution >= 0.6 is 0 Å². The largest absolute Gasteiger partial charge is 0.353 e. The second-order valence-electron chi connectivity index (χ2n) is 7.40. The Labute approximate surface area is 118 Å². The van der Waals surface area contributed by atoms with E-state index in [-0.39, 0.29) is 5.41 Å². The van der Waals surface area contributed by atoms with Crippen molar-refractivity contribution in [1.82, 2.24) is 5.32 Å². The minimum atomic E-state index is -0.181. The third-order valence-corrected chi connectivity index (χ3v) is 5.08. The van der Waals surface area contributed by atoms with Crippen LogP contribution in [0.5, 0.6) is 0 Å². The maximum absolute atomic E-state index is 12.5. The molecule has 2 aliphatic rings. The molecule has 0 bridgehead atoms. The van der Waals surface area contributed by atoms with E-state index in [0.717, 1.165) is 12.3 Å². The third-order valence-electron chi connectivity index (χ3n) is 5.08. The van der Waals surface area contributed by atoms with E-state index in [1.807, 2.05) is 0 Å². The number of hydrogen-bond donors (Lipinski definition) is 1. The molecule has 0 atom stereocenters. The van der Waals surface area contributed by atoms with E-state index in [9.17, 15) is 4.79 Å². The van der Waals surface area contributed by atoms with Crippen LogP contribution in [0.25, 0.3) is 0 Å². The van der Waals surface area contributed by atoms with Crippen molar-refractivity contribution in [1.29, 1.82) is 0 Å². The maximum Gasteiger partial charge on any atom is 0.225 e. The SMILES string of the molecule is CC(C)(CC1CCCCC1)C(=O)NC1CCCCC1. The molecule has 0 spiro atoms. The summed E-state index contributed by atoms with van der Waals surface area (Å²) in [7, 11) is 0. The molecule has 2 aliphatic carbocycles. The quantitative estimate of drug-likeness (QED) is 0.800.